The highest BCUT2D eigenvalue weighted by Crippen LogP contribution is 2.43. The first-order valence-corrected chi connectivity index (χ1v) is 33.4. The first-order chi connectivity index (χ1) is 35.5. The van der Waals surface area contributed by atoms with Crippen molar-refractivity contribution in [2.24, 2.45) is 0 Å². The zero-order valence-corrected chi connectivity index (χ0v) is 50.3. The van der Waals surface area contributed by atoms with E-state index in [0.717, 1.165) is 51.4 Å². The molecule has 0 fully saturated rings. The largest absolute Gasteiger partial charge is 0.472 e. The molecule has 0 bridgehead atoms. The summed E-state index contributed by atoms with van der Waals surface area (Å²) in [4.78, 5) is 35.7. The SMILES string of the molecule is CCCCCCCC/C=C\CCCCCCCC(=O)OC(COC(=O)CCCCCCCCCCCCCCCCCCCCCCCCCCCCCCCCCCCC)COP(=O)(O)OCC[N+](C)(C)C. The lowest BCUT2D eigenvalue weighted by Gasteiger charge is -2.24. The summed E-state index contributed by atoms with van der Waals surface area (Å²) in [6.45, 7) is 4.48. The molecular weight excluding hydrogens is 930 g/mol. The Hall–Kier alpha value is -1.25. The van der Waals surface area contributed by atoms with E-state index in [2.05, 4.69) is 26.0 Å². The summed E-state index contributed by atoms with van der Waals surface area (Å²) in [6.07, 6.45) is 66.1. The lowest BCUT2D eigenvalue weighted by molar-refractivity contribution is -0.870. The Morgan fingerprint density at radius 2 is 0.699 bits per heavy atom. The third-order valence-electron chi connectivity index (χ3n) is 14.5. The topological polar surface area (TPSA) is 108 Å². The Balaban J connectivity index is 3.91. The minimum absolute atomic E-state index is 0.0337. The van der Waals surface area contributed by atoms with Crippen molar-refractivity contribution in [1.82, 2.24) is 0 Å². The number of rotatable bonds is 60. The molecule has 0 aromatic rings. The lowest BCUT2D eigenvalue weighted by Crippen LogP contribution is -2.37. The second kappa shape index (κ2) is 55.5. The van der Waals surface area contributed by atoms with E-state index < -0.39 is 26.5 Å². The smallest absolute Gasteiger partial charge is 0.462 e. The first kappa shape index (κ1) is 71.8. The normalized spacial score (nSPS) is 13.2. The van der Waals surface area contributed by atoms with Crippen LogP contribution in [0.15, 0.2) is 12.2 Å². The van der Waals surface area contributed by atoms with E-state index >= 15 is 0 Å². The van der Waals surface area contributed by atoms with Crippen molar-refractivity contribution in [3.63, 3.8) is 0 Å². The maximum absolute atomic E-state index is 12.8. The van der Waals surface area contributed by atoms with Crippen LogP contribution in [-0.4, -0.2) is 74.9 Å². The Kier molecular flexibility index (Phi) is 54.6. The molecule has 0 aromatic carbocycles. The maximum atomic E-state index is 12.8. The van der Waals surface area contributed by atoms with Gasteiger partial charge in [0.25, 0.3) is 0 Å². The molecule has 0 aliphatic carbocycles. The fourth-order valence-corrected chi connectivity index (χ4v) is 10.3. The number of unbranched alkanes of at least 4 members (excludes halogenated alkanes) is 44. The van der Waals surface area contributed by atoms with Gasteiger partial charge in [-0.25, -0.2) is 4.57 Å². The van der Waals surface area contributed by atoms with Gasteiger partial charge >= 0.3 is 19.8 Å². The van der Waals surface area contributed by atoms with E-state index in [-0.39, 0.29) is 25.6 Å². The number of carbonyl (C=O) groups is 2. The molecule has 0 heterocycles. The summed E-state index contributed by atoms with van der Waals surface area (Å²) in [6, 6.07) is 0. The monoisotopic (exact) mass is 1050 g/mol. The average molecular weight is 1060 g/mol. The minimum atomic E-state index is -4.38. The van der Waals surface area contributed by atoms with Crippen LogP contribution in [0.2, 0.25) is 0 Å². The van der Waals surface area contributed by atoms with Gasteiger partial charge in [-0.1, -0.05) is 289 Å². The van der Waals surface area contributed by atoms with Gasteiger partial charge in [0.2, 0.25) is 0 Å². The minimum Gasteiger partial charge on any atom is -0.462 e. The van der Waals surface area contributed by atoms with Gasteiger partial charge < -0.3 is 18.9 Å². The highest BCUT2D eigenvalue weighted by Gasteiger charge is 2.27. The van der Waals surface area contributed by atoms with Gasteiger partial charge in [0, 0.05) is 12.8 Å². The number of phosphoric acid groups is 1. The van der Waals surface area contributed by atoms with Crippen LogP contribution in [0.3, 0.4) is 0 Å². The summed E-state index contributed by atoms with van der Waals surface area (Å²) in [5, 5.41) is 0. The van der Waals surface area contributed by atoms with Gasteiger partial charge in [-0.05, 0) is 38.5 Å². The molecule has 0 spiro atoms. The van der Waals surface area contributed by atoms with Gasteiger partial charge in [0.15, 0.2) is 6.10 Å². The number of quaternary nitrogens is 1. The molecule has 10 heteroatoms. The molecule has 0 radical (unpaired) electrons. The number of allylic oxidation sites excluding steroid dienone is 2. The molecule has 1 N–H and O–H groups in total. The highest BCUT2D eigenvalue weighted by molar-refractivity contribution is 7.47. The summed E-state index contributed by atoms with van der Waals surface area (Å²) in [5.74, 6) is -0.789. The van der Waals surface area contributed by atoms with E-state index in [4.69, 9.17) is 18.5 Å². The molecule has 2 atom stereocenters. The van der Waals surface area contributed by atoms with Gasteiger partial charge in [0.05, 0.1) is 27.7 Å². The van der Waals surface area contributed by atoms with Gasteiger partial charge in [0.1, 0.15) is 19.8 Å². The number of carbonyl (C=O) groups excluding carboxylic acids is 2. The average Bonchev–Trinajstić information content (AvgIpc) is 3.35. The Morgan fingerprint density at radius 3 is 1.01 bits per heavy atom. The summed E-state index contributed by atoms with van der Waals surface area (Å²) in [5.41, 5.74) is 0. The van der Waals surface area contributed by atoms with Crippen molar-refractivity contribution < 1.29 is 42.1 Å². The predicted octanol–water partition coefficient (Wildman–Crippen LogP) is 20.0. The summed E-state index contributed by atoms with van der Waals surface area (Å²) in [7, 11) is 1.49. The summed E-state index contributed by atoms with van der Waals surface area (Å²) >= 11 is 0. The van der Waals surface area contributed by atoms with E-state index in [1.165, 1.54) is 244 Å². The fraction of sp³-hybridized carbons (Fsp3) is 0.937. The van der Waals surface area contributed by atoms with Crippen LogP contribution in [0.25, 0.3) is 0 Å². The molecule has 0 aromatic heterocycles. The number of nitrogens with zero attached hydrogens (tertiary/aromatic N) is 1. The molecule has 9 nitrogen and oxygen atoms in total. The van der Waals surface area contributed by atoms with Crippen molar-refractivity contribution in [3.05, 3.63) is 12.2 Å². The van der Waals surface area contributed by atoms with Crippen molar-refractivity contribution in [2.75, 3.05) is 47.5 Å². The maximum Gasteiger partial charge on any atom is 0.472 e. The Bertz CT molecular complexity index is 1240. The number of hydrogen-bond donors (Lipinski definition) is 1. The zero-order valence-electron chi connectivity index (χ0n) is 49.4. The number of hydrogen-bond acceptors (Lipinski definition) is 7. The van der Waals surface area contributed by atoms with E-state index in [9.17, 15) is 19.0 Å². The predicted molar refractivity (Wildman–Crippen MR) is 312 cm³/mol. The van der Waals surface area contributed by atoms with Crippen molar-refractivity contribution in [3.8, 4) is 0 Å². The van der Waals surface area contributed by atoms with Gasteiger partial charge in [-0.2, -0.15) is 0 Å². The van der Waals surface area contributed by atoms with E-state index in [1.807, 2.05) is 21.1 Å². The second-order valence-electron chi connectivity index (χ2n) is 23.2. The number of ether oxygens (including phenoxy) is 2. The molecule has 0 aliphatic rings. The quantitative estimate of drug-likeness (QED) is 0.0211. The number of likely N-dealkylation sites (N-methyl/N-ethyl adjacent to an activating group) is 1. The molecular formula is C63H125NO8P+. The second-order valence-corrected chi connectivity index (χ2v) is 24.6. The van der Waals surface area contributed by atoms with Crippen LogP contribution in [-0.2, 0) is 32.7 Å². The molecule has 0 aliphatic heterocycles. The molecule has 2 unspecified atom stereocenters. The molecule has 0 amide bonds. The third kappa shape index (κ3) is 59.8. The van der Waals surface area contributed by atoms with Crippen LogP contribution in [0.5, 0.6) is 0 Å². The van der Waals surface area contributed by atoms with Crippen LogP contribution in [0, 0.1) is 0 Å². The van der Waals surface area contributed by atoms with E-state index in [1.54, 1.807) is 0 Å². The van der Waals surface area contributed by atoms with Crippen molar-refractivity contribution in [1.29, 1.82) is 0 Å². The van der Waals surface area contributed by atoms with E-state index in [0.29, 0.717) is 23.9 Å². The highest BCUT2D eigenvalue weighted by atomic mass is 31.2. The molecule has 0 rings (SSSR count). The number of phosphoric ester groups is 1. The van der Waals surface area contributed by atoms with Gasteiger partial charge in [-0.3, -0.25) is 18.6 Å². The Morgan fingerprint density at radius 1 is 0.411 bits per heavy atom. The molecule has 0 saturated carbocycles. The third-order valence-corrected chi connectivity index (χ3v) is 15.5. The van der Waals surface area contributed by atoms with Crippen LogP contribution >= 0.6 is 7.82 Å². The Labute approximate surface area is 454 Å². The van der Waals surface area contributed by atoms with Crippen LogP contribution in [0.1, 0.15) is 328 Å². The fourth-order valence-electron chi connectivity index (χ4n) is 9.60. The van der Waals surface area contributed by atoms with Crippen LogP contribution < -0.4 is 0 Å². The van der Waals surface area contributed by atoms with Crippen molar-refractivity contribution >= 4 is 19.8 Å². The molecule has 0 saturated heterocycles. The summed E-state index contributed by atoms with van der Waals surface area (Å²) < 4.78 is 34.6. The molecule has 434 valence electrons. The van der Waals surface area contributed by atoms with Crippen LogP contribution in [0.4, 0.5) is 0 Å². The first-order valence-electron chi connectivity index (χ1n) is 31.9. The standard InChI is InChI=1S/C63H124NO8P/c1-6-8-10-12-14-16-18-20-22-23-24-25-26-27-28-29-30-31-32-33-34-35-36-37-38-39-40-42-43-45-47-49-51-53-55-62(65)69-59-61(60-71-73(67,68)70-58-57-64(3,4)5)72-63(66)56-54-52-50-48-46-44-41-21-19-17-15-13-11-9-7-2/h21,41,61H,6-20,22-40,42-60H2,1-5H3/p+1/b41-21-. The molecule has 73 heavy (non-hydrogen) atoms. The number of esters is 2. The van der Waals surface area contributed by atoms with Crippen molar-refractivity contribution in [2.45, 2.75) is 335 Å². The van der Waals surface area contributed by atoms with Gasteiger partial charge in [-0.15, -0.1) is 0 Å². The zero-order chi connectivity index (χ0) is 53.5. The lowest BCUT2D eigenvalue weighted by atomic mass is 10.0.